The predicted molar refractivity (Wildman–Crippen MR) is 83.7 cm³/mol. The van der Waals surface area contributed by atoms with E-state index in [2.05, 4.69) is 16.3 Å². The first-order valence-corrected chi connectivity index (χ1v) is 7.87. The number of hydrogen-bond acceptors (Lipinski definition) is 4. The molecule has 4 heteroatoms. The summed E-state index contributed by atoms with van der Waals surface area (Å²) in [7, 11) is 1.68. The van der Waals surface area contributed by atoms with Crippen LogP contribution in [0.5, 0.6) is 5.75 Å². The van der Waals surface area contributed by atoms with Gasteiger partial charge in [0, 0.05) is 18.7 Å². The highest BCUT2D eigenvalue weighted by Crippen LogP contribution is 2.36. The molecule has 2 aliphatic rings. The highest BCUT2D eigenvalue weighted by Gasteiger charge is 2.32. The van der Waals surface area contributed by atoms with Gasteiger partial charge in [-0.15, -0.1) is 0 Å². The first kappa shape index (κ1) is 14.2. The van der Waals surface area contributed by atoms with Crippen LogP contribution >= 0.6 is 0 Å². The van der Waals surface area contributed by atoms with E-state index in [-0.39, 0.29) is 0 Å². The Morgan fingerprint density at radius 3 is 2.67 bits per heavy atom. The second kappa shape index (κ2) is 6.36. The van der Waals surface area contributed by atoms with Crippen LogP contribution in [0.4, 0.5) is 5.69 Å². The standard InChI is InChI=1S/C17H23N3O/c1-21-16-5-2-14(11-18)17(10-16)20(15-3-4-15)12-13-6-8-19-9-7-13/h2,5,10,13,15,19H,3-4,6-9,12H2,1H3. The summed E-state index contributed by atoms with van der Waals surface area (Å²) in [5, 5.41) is 12.8. The summed E-state index contributed by atoms with van der Waals surface area (Å²) in [6, 6.07) is 8.73. The molecule has 0 amide bonds. The number of hydrogen-bond donors (Lipinski definition) is 1. The molecule has 0 spiro atoms. The summed E-state index contributed by atoms with van der Waals surface area (Å²) in [5.74, 6) is 1.56. The quantitative estimate of drug-likeness (QED) is 0.903. The summed E-state index contributed by atoms with van der Waals surface area (Å²) in [5.41, 5.74) is 1.81. The Bertz CT molecular complexity index is 527. The zero-order chi connectivity index (χ0) is 14.7. The molecule has 21 heavy (non-hydrogen) atoms. The number of rotatable bonds is 5. The molecule has 1 aliphatic heterocycles. The molecule has 0 radical (unpaired) electrons. The number of anilines is 1. The van der Waals surface area contributed by atoms with Crippen molar-refractivity contribution in [3.05, 3.63) is 23.8 Å². The molecule has 1 heterocycles. The third-order valence-corrected chi connectivity index (χ3v) is 4.54. The van der Waals surface area contributed by atoms with Gasteiger partial charge in [-0.1, -0.05) is 0 Å². The third kappa shape index (κ3) is 3.30. The van der Waals surface area contributed by atoms with Crippen molar-refractivity contribution in [3.63, 3.8) is 0 Å². The zero-order valence-electron chi connectivity index (χ0n) is 12.6. The Hall–Kier alpha value is -1.73. The first-order valence-electron chi connectivity index (χ1n) is 7.87. The minimum Gasteiger partial charge on any atom is -0.497 e. The van der Waals surface area contributed by atoms with Crippen molar-refractivity contribution < 1.29 is 4.74 Å². The monoisotopic (exact) mass is 285 g/mol. The van der Waals surface area contributed by atoms with Crippen LogP contribution in [-0.4, -0.2) is 32.8 Å². The topological polar surface area (TPSA) is 48.3 Å². The van der Waals surface area contributed by atoms with Gasteiger partial charge in [0.25, 0.3) is 0 Å². The largest absolute Gasteiger partial charge is 0.497 e. The molecule has 1 aliphatic carbocycles. The lowest BCUT2D eigenvalue weighted by Crippen LogP contribution is -2.37. The molecule has 1 N–H and O–H groups in total. The molecule has 1 aromatic carbocycles. The van der Waals surface area contributed by atoms with Crippen molar-refractivity contribution in [2.45, 2.75) is 31.7 Å². The van der Waals surface area contributed by atoms with Gasteiger partial charge in [-0.3, -0.25) is 0 Å². The average Bonchev–Trinajstić information content (AvgIpc) is 3.38. The van der Waals surface area contributed by atoms with E-state index in [1.165, 1.54) is 25.7 Å². The highest BCUT2D eigenvalue weighted by atomic mass is 16.5. The Kier molecular flexibility index (Phi) is 4.31. The molecule has 1 saturated carbocycles. The fourth-order valence-corrected chi connectivity index (χ4v) is 3.14. The van der Waals surface area contributed by atoms with Gasteiger partial charge in [-0.25, -0.2) is 0 Å². The average molecular weight is 285 g/mol. The number of nitrogens with zero attached hydrogens (tertiary/aromatic N) is 2. The molecule has 1 aromatic rings. The lowest BCUT2D eigenvalue weighted by atomic mass is 9.97. The highest BCUT2D eigenvalue weighted by molar-refractivity contribution is 5.63. The maximum absolute atomic E-state index is 9.41. The van der Waals surface area contributed by atoms with E-state index in [0.29, 0.717) is 6.04 Å². The van der Waals surface area contributed by atoms with Crippen LogP contribution in [0.1, 0.15) is 31.2 Å². The number of piperidine rings is 1. The van der Waals surface area contributed by atoms with Crippen LogP contribution in [0.15, 0.2) is 18.2 Å². The van der Waals surface area contributed by atoms with Crippen LogP contribution in [0.3, 0.4) is 0 Å². The minimum atomic E-state index is 0.610. The van der Waals surface area contributed by atoms with E-state index < -0.39 is 0 Å². The van der Waals surface area contributed by atoms with Crippen LogP contribution in [0, 0.1) is 17.2 Å². The van der Waals surface area contributed by atoms with Gasteiger partial charge in [-0.05, 0) is 56.8 Å². The summed E-state index contributed by atoms with van der Waals surface area (Å²) < 4.78 is 5.35. The van der Waals surface area contributed by atoms with Crippen LogP contribution in [-0.2, 0) is 0 Å². The maximum Gasteiger partial charge on any atom is 0.121 e. The van der Waals surface area contributed by atoms with E-state index in [1.807, 2.05) is 18.2 Å². The smallest absolute Gasteiger partial charge is 0.121 e. The molecular formula is C17H23N3O. The molecule has 2 fully saturated rings. The van der Waals surface area contributed by atoms with Gasteiger partial charge < -0.3 is 15.0 Å². The number of ether oxygens (including phenoxy) is 1. The number of methoxy groups -OCH3 is 1. The maximum atomic E-state index is 9.41. The summed E-state index contributed by atoms with van der Waals surface area (Å²) in [6.45, 7) is 3.30. The van der Waals surface area contributed by atoms with Crippen LogP contribution < -0.4 is 15.0 Å². The summed E-state index contributed by atoms with van der Waals surface area (Å²) in [4.78, 5) is 2.46. The summed E-state index contributed by atoms with van der Waals surface area (Å²) in [6.07, 6.45) is 4.95. The predicted octanol–water partition coefficient (Wildman–Crippen LogP) is 2.54. The first-order chi connectivity index (χ1) is 10.3. The number of nitrogens with one attached hydrogen (secondary N) is 1. The van der Waals surface area contributed by atoms with E-state index in [4.69, 9.17) is 4.74 Å². The number of benzene rings is 1. The molecule has 0 atom stereocenters. The van der Waals surface area contributed by atoms with E-state index >= 15 is 0 Å². The van der Waals surface area contributed by atoms with Crippen LogP contribution in [0.2, 0.25) is 0 Å². The normalized spacial score (nSPS) is 19.0. The molecule has 112 valence electrons. The van der Waals surface area contributed by atoms with Gasteiger partial charge >= 0.3 is 0 Å². The van der Waals surface area contributed by atoms with Gasteiger partial charge in [-0.2, -0.15) is 5.26 Å². The van der Waals surface area contributed by atoms with Crippen molar-refractivity contribution in [3.8, 4) is 11.8 Å². The van der Waals surface area contributed by atoms with Crippen molar-refractivity contribution in [2.24, 2.45) is 5.92 Å². The molecule has 0 bridgehead atoms. The van der Waals surface area contributed by atoms with Crippen LogP contribution in [0.25, 0.3) is 0 Å². The molecule has 1 saturated heterocycles. The summed E-state index contributed by atoms with van der Waals surface area (Å²) >= 11 is 0. The molecular weight excluding hydrogens is 262 g/mol. The Morgan fingerprint density at radius 1 is 1.29 bits per heavy atom. The SMILES string of the molecule is COc1ccc(C#N)c(N(CC2CCNCC2)C2CC2)c1. The van der Waals surface area contributed by atoms with Crippen molar-refractivity contribution in [2.75, 3.05) is 31.6 Å². The lowest BCUT2D eigenvalue weighted by Gasteiger charge is -2.32. The molecule has 4 nitrogen and oxygen atoms in total. The van der Waals surface area contributed by atoms with Crippen molar-refractivity contribution >= 4 is 5.69 Å². The van der Waals surface area contributed by atoms with E-state index in [0.717, 1.165) is 42.6 Å². The van der Waals surface area contributed by atoms with Gasteiger partial charge in [0.2, 0.25) is 0 Å². The number of nitriles is 1. The molecule has 0 aromatic heterocycles. The zero-order valence-corrected chi connectivity index (χ0v) is 12.6. The Morgan fingerprint density at radius 2 is 2.05 bits per heavy atom. The lowest BCUT2D eigenvalue weighted by molar-refractivity contribution is 0.372. The second-order valence-electron chi connectivity index (χ2n) is 6.07. The molecule has 3 rings (SSSR count). The Balaban J connectivity index is 1.84. The minimum absolute atomic E-state index is 0.610. The van der Waals surface area contributed by atoms with E-state index in [9.17, 15) is 5.26 Å². The van der Waals surface area contributed by atoms with Gasteiger partial charge in [0.15, 0.2) is 0 Å². The fraction of sp³-hybridized carbons (Fsp3) is 0.588. The fourth-order valence-electron chi connectivity index (χ4n) is 3.14. The van der Waals surface area contributed by atoms with Gasteiger partial charge in [0.1, 0.15) is 11.8 Å². The molecule has 0 unspecified atom stereocenters. The van der Waals surface area contributed by atoms with E-state index in [1.54, 1.807) is 7.11 Å². The third-order valence-electron chi connectivity index (χ3n) is 4.54. The van der Waals surface area contributed by atoms with Crippen molar-refractivity contribution in [1.82, 2.24) is 5.32 Å². The Labute approximate surface area is 126 Å². The second-order valence-corrected chi connectivity index (χ2v) is 6.07. The van der Waals surface area contributed by atoms with Crippen molar-refractivity contribution in [1.29, 1.82) is 5.26 Å². The van der Waals surface area contributed by atoms with Gasteiger partial charge in [0.05, 0.1) is 18.4 Å².